The molecule has 88 valence electrons. The summed E-state index contributed by atoms with van der Waals surface area (Å²) in [5.41, 5.74) is 6.45. The van der Waals surface area contributed by atoms with Gasteiger partial charge >= 0.3 is 0 Å². The average Bonchev–Trinajstić information content (AvgIpc) is 2.42. The zero-order valence-electron chi connectivity index (χ0n) is 9.93. The van der Waals surface area contributed by atoms with Gasteiger partial charge in [-0.25, -0.2) is 0 Å². The van der Waals surface area contributed by atoms with E-state index in [0.29, 0.717) is 5.41 Å². The van der Waals surface area contributed by atoms with Crippen molar-refractivity contribution in [1.82, 2.24) is 5.32 Å². The summed E-state index contributed by atoms with van der Waals surface area (Å²) in [6.07, 6.45) is 12.5. The van der Waals surface area contributed by atoms with Crippen LogP contribution >= 0.6 is 0 Å². The topological polar surface area (TPSA) is 38.0 Å². The molecule has 0 radical (unpaired) electrons. The van der Waals surface area contributed by atoms with Crippen LogP contribution in [0.25, 0.3) is 0 Å². The maximum Gasteiger partial charge on any atom is 0.00673 e. The quantitative estimate of drug-likeness (QED) is 0.699. The van der Waals surface area contributed by atoms with Crippen molar-refractivity contribution < 1.29 is 0 Å². The fraction of sp³-hybridized carbons (Fsp3) is 1.00. The van der Waals surface area contributed by atoms with Crippen LogP contribution in [0.2, 0.25) is 0 Å². The average molecular weight is 210 g/mol. The summed E-state index contributed by atoms with van der Waals surface area (Å²) in [7, 11) is 0. The van der Waals surface area contributed by atoms with E-state index >= 15 is 0 Å². The summed E-state index contributed by atoms with van der Waals surface area (Å²) in [6.45, 7) is 2.06. The molecule has 0 amide bonds. The Morgan fingerprint density at radius 2 is 1.67 bits per heavy atom. The van der Waals surface area contributed by atoms with Crippen LogP contribution in [0.5, 0.6) is 0 Å². The van der Waals surface area contributed by atoms with Crippen molar-refractivity contribution in [2.45, 2.75) is 63.8 Å². The second kappa shape index (κ2) is 5.31. The molecule has 15 heavy (non-hydrogen) atoms. The van der Waals surface area contributed by atoms with Crippen LogP contribution in [-0.2, 0) is 0 Å². The lowest BCUT2D eigenvalue weighted by Crippen LogP contribution is -2.45. The lowest BCUT2D eigenvalue weighted by molar-refractivity contribution is 0.210. The third-order valence-corrected chi connectivity index (χ3v) is 4.47. The van der Waals surface area contributed by atoms with Gasteiger partial charge in [-0.2, -0.15) is 0 Å². The second-order valence-electron chi connectivity index (χ2n) is 5.63. The summed E-state index contributed by atoms with van der Waals surface area (Å²) in [5, 5.41) is 3.73. The normalized spacial score (nSPS) is 27.0. The van der Waals surface area contributed by atoms with Crippen LogP contribution in [0, 0.1) is 5.41 Å². The van der Waals surface area contributed by atoms with E-state index in [1.165, 1.54) is 64.3 Å². The summed E-state index contributed by atoms with van der Waals surface area (Å²) in [5.74, 6) is 0. The third kappa shape index (κ3) is 2.94. The van der Waals surface area contributed by atoms with Gasteiger partial charge < -0.3 is 11.1 Å². The molecule has 2 nitrogen and oxygen atoms in total. The van der Waals surface area contributed by atoms with Crippen LogP contribution in [-0.4, -0.2) is 19.1 Å². The molecular weight excluding hydrogens is 184 g/mol. The van der Waals surface area contributed by atoms with Crippen LogP contribution in [0.15, 0.2) is 0 Å². The Labute approximate surface area is 94.0 Å². The van der Waals surface area contributed by atoms with Crippen molar-refractivity contribution in [3.63, 3.8) is 0 Å². The highest BCUT2D eigenvalue weighted by Gasteiger charge is 2.30. The molecule has 0 aromatic heterocycles. The fourth-order valence-electron chi connectivity index (χ4n) is 2.90. The van der Waals surface area contributed by atoms with E-state index in [2.05, 4.69) is 5.32 Å². The Balaban J connectivity index is 1.81. The maximum absolute atomic E-state index is 6.01. The monoisotopic (exact) mass is 210 g/mol. The molecule has 2 rings (SSSR count). The molecule has 3 N–H and O–H groups in total. The SMILES string of the molecule is NCC1(CNC2CCC2)CCCCCC1. The molecule has 2 fully saturated rings. The highest BCUT2D eigenvalue weighted by atomic mass is 14.9. The molecular formula is C13H26N2. The van der Waals surface area contributed by atoms with Crippen LogP contribution in [0.3, 0.4) is 0 Å². The van der Waals surface area contributed by atoms with Crippen molar-refractivity contribution in [1.29, 1.82) is 0 Å². The first kappa shape index (κ1) is 11.4. The van der Waals surface area contributed by atoms with E-state index < -0.39 is 0 Å². The zero-order valence-corrected chi connectivity index (χ0v) is 9.93. The molecule has 0 aliphatic heterocycles. The van der Waals surface area contributed by atoms with E-state index in [-0.39, 0.29) is 0 Å². The molecule has 2 aliphatic carbocycles. The Hall–Kier alpha value is -0.0800. The minimum Gasteiger partial charge on any atom is -0.330 e. The van der Waals surface area contributed by atoms with Crippen molar-refractivity contribution in [3.8, 4) is 0 Å². The maximum atomic E-state index is 6.01. The minimum absolute atomic E-state index is 0.437. The Kier molecular flexibility index (Phi) is 4.04. The van der Waals surface area contributed by atoms with Gasteiger partial charge in [0.25, 0.3) is 0 Å². The Bertz CT molecular complexity index is 179. The Morgan fingerprint density at radius 1 is 1.00 bits per heavy atom. The molecule has 0 heterocycles. The van der Waals surface area contributed by atoms with Crippen molar-refractivity contribution in [2.24, 2.45) is 11.1 Å². The van der Waals surface area contributed by atoms with Crippen molar-refractivity contribution in [3.05, 3.63) is 0 Å². The minimum atomic E-state index is 0.437. The highest BCUT2D eigenvalue weighted by molar-refractivity contribution is 4.87. The number of nitrogens with two attached hydrogens (primary N) is 1. The largest absolute Gasteiger partial charge is 0.330 e. The number of hydrogen-bond donors (Lipinski definition) is 2. The van der Waals surface area contributed by atoms with Gasteiger partial charge in [-0.05, 0) is 37.6 Å². The molecule has 0 unspecified atom stereocenters. The van der Waals surface area contributed by atoms with E-state index in [9.17, 15) is 0 Å². The molecule has 0 saturated heterocycles. The molecule has 2 aliphatic rings. The van der Waals surface area contributed by atoms with E-state index in [1.54, 1.807) is 0 Å². The second-order valence-corrected chi connectivity index (χ2v) is 5.63. The predicted octanol–water partition coefficient (Wildman–Crippen LogP) is 2.43. The molecule has 0 aromatic carbocycles. The van der Waals surface area contributed by atoms with E-state index in [1.807, 2.05) is 0 Å². The molecule has 2 heteroatoms. The van der Waals surface area contributed by atoms with E-state index in [0.717, 1.165) is 12.6 Å². The van der Waals surface area contributed by atoms with Gasteiger partial charge in [-0.1, -0.05) is 32.1 Å². The number of rotatable bonds is 4. The van der Waals surface area contributed by atoms with Crippen LogP contribution in [0.1, 0.15) is 57.8 Å². The smallest absolute Gasteiger partial charge is 0.00673 e. The van der Waals surface area contributed by atoms with Crippen molar-refractivity contribution in [2.75, 3.05) is 13.1 Å². The molecule has 0 atom stereocenters. The lowest BCUT2D eigenvalue weighted by atomic mass is 9.79. The predicted molar refractivity (Wildman–Crippen MR) is 64.8 cm³/mol. The fourth-order valence-corrected chi connectivity index (χ4v) is 2.90. The van der Waals surface area contributed by atoms with Gasteiger partial charge in [0.1, 0.15) is 0 Å². The van der Waals surface area contributed by atoms with Crippen LogP contribution < -0.4 is 11.1 Å². The summed E-state index contributed by atoms with van der Waals surface area (Å²) < 4.78 is 0. The molecule has 0 aromatic rings. The lowest BCUT2D eigenvalue weighted by Gasteiger charge is -2.36. The number of nitrogens with one attached hydrogen (secondary N) is 1. The first-order valence-corrected chi connectivity index (χ1v) is 6.78. The standard InChI is InChI=1S/C13H26N2/c14-10-13(8-3-1-2-4-9-13)11-15-12-6-5-7-12/h12,15H,1-11,14H2. The zero-order chi connectivity index (χ0) is 10.6. The highest BCUT2D eigenvalue weighted by Crippen LogP contribution is 2.34. The first-order chi connectivity index (χ1) is 7.35. The van der Waals surface area contributed by atoms with Gasteiger partial charge in [0.15, 0.2) is 0 Å². The van der Waals surface area contributed by atoms with Gasteiger partial charge in [0.05, 0.1) is 0 Å². The van der Waals surface area contributed by atoms with E-state index in [4.69, 9.17) is 5.73 Å². The molecule has 2 saturated carbocycles. The van der Waals surface area contributed by atoms with Gasteiger partial charge in [0.2, 0.25) is 0 Å². The first-order valence-electron chi connectivity index (χ1n) is 6.78. The summed E-state index contributed by atoms with van der Waals surface area (Å²) in [4.78, 5) is 0. The van der Waals surface area contributed by atoms with Gasteiger partial charge in [-0.3, -0.25) is 0 Å². The molecule has 0 bridgehead atoms. The van der Waals surface area contributed by atoms with Gasteiger partial charge in [0, 0.05) is 12.6 Å². The Morgan fingerprint density at radius 3 is 2.13 bits per heavy atom. The van der Waals surface area contributed by atoms with Crippen LogP contribution in [0.4, 0.5) is 0 Å². The summed E-state index contributed by atoms with van der Waals surface area (Å²) >= 11 is 0. The number of hydrogen-bond acceptors (Lipinski definition) is 2. The summed E-state index contributed by atoms with van der Waals surface area (Å²) in [6, 6.07) is 0.816. The van der Waals surface area contributed by atoms with Gasteiger partial charge in [-0.15, -0.1) is 0 Å². The van der Waals surface area contributed by atoms with Crippen molar-refractivity contribution >= 4 is 0 Å². The molecule has 0 spiro atoms. The third-order valence-electron chi connectivity index (χ3n) is 4.47.